The normalized spacial score (nSPS) is 19.9. The average Bonchev–Trinajstić information content (AvgIpc) is 2.01. The first-order chi connectivity index (χ1) is 6.48. The maximum atomic E-state index is 12.0. The Bertz CT molecular complexity index is 202. The van der Waals surface area contributed by atoms with Crippen LogP contribution in [-0.2, 0) is 9.53 Å². The zero-order valence-corrected chi connectivity index (χ0v) is 9.80. The topological polar surface area (TPSA) is 26.3 Å². The van der Waals surface area contributed by atoms with Crippen LogP contribution in [0.15, 0.2) is 0 Å². The number of hydrogen-bond acceptors (Lipinski definition) is 2. The lowest BCUT2D eigenvalue weighted by molar-refractivity contribution is -0.144. The molecule has 0 radical (unpaired) electrons. The summed E-state index contributed by atoms with van der Waals surface area (Å²) in [5.74, 6) is 0.537. The maximum Gasteiger partial charge on any atom is 0.143 e. The first kappa shape index (κ1) is 11.7. The fraction of sp³-hybridized carbons (Fsp3) is 0.917. The standard InChI is InChI=1S/C12H22O2/c1-9(2)11(13)12(6-5-7-12)8-14-10(3)4/h9-10H,5-8H2,1-4H3. The third-order valence-corrected chi connectivity index (χ3v) is 3.05. The number of carbonyl (C=O) groups excluding carboxylic acids is 1. The molecule has 0 amide bonds. The Hall–Kier alpha value is -0.370. The Morgan fingerprint density at radius 2 is 1.86 bits per heavy atom. The van der Waals surface area contributed by atoms with E-state index in [1.165, 1.54) is 6.42 Å². The predicted molar refractivity (Wildman–Crippen MR) is 57.2 cm³/mol. The molecule has 0 atom stereocenters. The second-order valence-corrected chi connectivity index (χ2v) is 5.01. The number of rotatable bonds is 5. The highest BCUT2D eigenvalue weighted by Gasteiger charge is 2.44. The van der Waals surface area contributed by atoms with Gasteiger partial charge >= 0.3 is 0 Å². The Labute approximate surface area is 87.0 Å². The van der Waals surface area contributed by atoms with Gasteiger partial charge in [0.25, 0.3) is 0 Å². The van der Waals surface area contributed by atoms with Gasteiger partial charge in [-0.25, -0.2) is 0 Å². The number of ether oxygens (including phenoxy) is 1. The zero-order chi connectivity index (χ0) is 10.8. The van der Waals surface area contributed by atoms with Crippen LogP contribution in [0.25, 0.3) is 0 Å². The molecule has 14 heavy (non-hydrogen) atoms. The van der Waals surface area contributed by atoms with E-state index in [2.05, 4.69) is 0 Å². The Morgan fingerprint density at radius 3 is 2.14 bits per heavy atom. The molecular formula is C12H22O2. The van der Waals surface area contributed by atoms with E-state index in [0.717, 1.165) is 12.8 Å². The van der Waals surface area contributed by atoms with Gasteiger partial charge in [0, 0.05) is 5.92 Å². The van der Waals surface area contributed by atoms with Gasteiger partial charge in [0.05, 0.1) is 18.1 Å². The molecule has 1 fully saturated rings. The minimum absolute atomic E-state index is 0.127. The second kappa shape index (κ2) is 4.43. The molecule has 0 aliphatic heterocycles. The third-order valence-electron chi connectivity index (χ3n) is 3.05. The van der Waals surface area contributed by atoms with Gasteiger partial charge in [-0.15, -0.1) is 0 Å². The molecule has 1 rings (SSSR count). The van der Waals surface area contributed by atoms with Gasteiger partial charge in [0.1, 0.15) is 5.78 Å². The molecule has 2 heteroatoms. The van der Waals surface area contributed by atoms with Gasteiger partial charge < -0.3 is 4.74 Å². The minimum Gasteiger partial charge on any atom is -0.378 e. The average molecular weight is 198 g/mol. The van der Waals surface area contributed by atoms with Crippen LogP contribution in [0.1, 0.15) is 47.0 Å². The van der Waals surface area contributed by atoms with E-state index >= 15 is 0 Å². The molecule has 0 spiro atoms. The van der Waals surface area contributed by atoms with E-state index in [9.17, 15) is 4.79 Å². The van der Waals surface area contributed by atoms with E-state index in [0.29, 0.717) is 12.4 Å². The summed E-state index contributed by atoms with van der Waals surface area (Å²) in [4.78, 5) is 12.0. The molecule has 1 saturated carbocycles. The van der Waals surface area contributed by atoms with Crippen molar-refractivity contribution in [3.8, 4) is 0 Å². The number of ketones is 1. The molecule has 82 valence electrons. The van der Waals surface area contributed by atoms with Crippen LogP contribution in [0.3, 0.4) is 0 Å². The molecule has 2 nitrogen and oxygen atoms in total. The fourth-order valence-electron chi connectivity index (χ4n) is 2.00. The zero-order valence-electron chi connectivity index (χ0n) is 9.80. The molecule has 0 N–H and O–H groups in total. The summed E-state index contributed by atoms with van der Waals surface area (Å²) in [7, 11) is 0. The molecule has 0 unspecified atom stereocenters. The fourth-order valence-corrected chi connectivity index (χ4v) is 2.00. The van der Waals surface area contributed by atoms with Gasteiger partial charge in [0.15, 0.2) is 0 Å². The highest BCUT2D eigenvalue weighted by molar-refractivity contribution is 5.87. The Morgan fingerprint density at radius 1 is 1.29 bits per heavy atom. The summed E-state index contributed by atoms with van der Waals surface area (Å²) in [6.07, 6.45) is 3.46. The lowest BCUT2D eigenvalue weighted by Crippen LogP contribution is -2.44. The van der Waals surface area contributed by atoms with Crippen LogP contribution < -0.4 is 0 Å². The van der Waals surface area contributed by atoms with Gasteiger partial charge in [-0.05, 0) is 26.7 Å². The molecule has 0 saturated heterocycles. The van der Waals surface area contributed by atoms with Crippen LogP contribution in [-0.4, -0.2) is 18.5 Å². The predicted octanol–water partition coefficient (Wildman–Crippen LogP) is 2.81. The second-order valence-electron chi connectivity index (χ2n) is 5.01. The van der Waals surface area contributed by atoms with Gasteiger partial charge in [0.2, 0.25) is 0 Å². The summed E-state index contributed by atoms with van der Waals surface area (Å²) in [6.45, 7) is 8.63. The van der Waals surface area contributed by atoms with Crippen LogP contribution in [0, 0.1) is 11.3 Å². The van der Waals surface area contributed by atoms with Crippen molar-refractivity contribution in [2.45, 2.75) is 53.1 Å². The van der Waals surface area contributed by atoms with Gasteiger partial charge in [-0.2, -0.15) is 0 Å². The monoisotopic (exact) mass is 198 g/mol. The van der Waals surface area contributed by atoms with Crippen molar-refractivity contribution in [2.24, 2.45) is 11.3 Å². The largest absolute Gasteiger partial charge is 0.378 e. The first-order valence-corrected chi connectivity index (χ1v) is 5.64. The smallest absolute Gasteiger partial charge is 0.143 e. The molecule has 1 aliphatic carbocycles. The third kappa shape index (κ3) is 2.35. The maximum absolute atomic E-state index is 12.0. The van der Waals surface area contributed by atoms with E-state index in [4.69, 9.17) is 4.74 Å². The van der Waals surface area contributed by atoms with E-state index in [-0.39, 0.29) is 17.4 Å². The summed E-state index contributed by atoms with van der Waals surface area (Å²) in [5.41, 5.74) is -0.127. The van der Waals surface area contributed by atoms with Crippen LogP contribution in [0.2, 0.25) is 0 Å². The first-order valence-electron chi connectivity index (χ1n) is 5.64. The van der Waals surface area contributed by atoms with Crippen LogP contribution in [0.4, 0.5) is 0 Å². The van der Waals surface area contributed by atoms with Crippen molar-refractivity contribution >= 4 is 5.78 Å². The van der Waals surface area contributed by atoms with Crippen molar-refractivity contribution in [1.29, 1.82) is 0 Å². The minimum atomic E-state index is -0.127. The molecule has 0 bridgehead atoms. The molecule has 1 aliphatic rings. The Kier molecular flexibility index (Phi) is 3.71. The van der Waals surface area contributed by atoms with Crippen molar-refractivity contribution in [1.82, 2.24) is 0 Å². The van der Waals surface area contributed by atoms with Crippen LogP contribution >= 0.6 is 0 Å². The van der Waals surface area contributed by atoms with E-state index in [1.807, 2.05) is 27.7 Å². The summed E-state index contributed by atoms with van der Waals surface area (Å²) in [5, 5.41) is 0. The van der Waals surface area contributed by atoms with Crippen molar-refractivity contribution in [2.75, 3.05) is 6.61 Å². The quantitative estimate of drug-likeness (QED) is 0.679. The highest BCUT2D eigenvalue weighted by atomic mass is 16.5. The van der Waals surface area contributed by atoms with Crippen molar-refractivity contribution < 1.29 is 9.53 Å². The van der Waals surface area contributed by atoms with E-state index < -0.39 is 0 Å². The molecule has 0 aromatic heterocycles. The van der Waals surface area contributed by atoms with Gasteiger partial charge in [-0.1, -0.05) is 20.3 Å². The van der Waals surface area contributed by atoms with Gasteiger partial charge in [-0.3, -0.25) is 4.79 Å². The molecule has 0 aromatic carbocycles. The summed E-state index contributed by atoms with van der Waals surface area (Å²) < 4.78 is 5.60. The molecular weight excluding hydrogens is 176 g/mol. The lowest BCUT2D eigenvalue weighted by Gasteiger charge is -2.41. The Balaban J connectivity index is 2.53. The highest BCUT2D eigenvalue weighted by Crippen LogP contribution is 2.43. The van der Waals surface area contributed by atoms with Crippen LogP contribution in [0.5, 0.6) is 0 Å². The SMILES string of the molecule is CC(C)OCC1(C(=O)C(C)C)CCC1. The molecule has 0 heterocycles. The van der Waals surface area contributed by atoms with Crippen molar-refractivity contribution in [3.63, 3.8) is 0 Å². The van der Waals surface area contributed by atoms with E-state index in [1.54, 1.807) is 0 Å². The van der Waals surface area contributed by atoms with Crippen molar-refractivity contribution in [3.05, 3.63) is 0 Å². The number of carbonyl (C=O) groups is 1. The number of Topliss-reactive ketones (excluding diaryl/α,β-unsaturated/α-hetero) is 1. The lowest BCUT2D eigenvalue weighted by atomic mass is 9.64. The molecule has 0 aromatic rings. The summed E-state index contributed by atoms with van der Waals surface area (Å²) in [6, 6.07) is 0. The summed E-state index contributed by atoms with van der Waals surface area (Å²) >= 11 is 0. The number of hydrogen-bond donors (Lipinski definition) is 0.